The van der Waals surface area contributed by atoms with E-state index in [0.717, 1.165) is 35.0 Å². The molecule has 4 nitrogen and oxygen atoms in total. The molecule has 21 heavy (non-hydrogen) atoms. The van der Waals surface area contributed by atoms with Gasteiger partial charge in [-0.15, -0.1) is 0 Å². The van der Waals surface area contributed by atoms with Crippen LogP contribution in [-0.2, 0) is 9.59 Å². The van der Waals surface area contributed by atoms with Crippen LogP contribution in [0, 0.1) is 12.3 Å². The summed E-state index contributed by atoms with van der Waals surface area (Å²) < 4.78 is 0.951. The van der Waals surface area contributed by atoms with Gasteiger partial charge >= 0.3 is 5.97 Å². The standard InChI is InChI=1S/C16H20BrNO3/c1-11-9-12(17)5-6-13(11)18-14(19)10-16(15(20)21)7-3-2-4-8-16/h5-6,9H,2-4,7-8,10H2,1H3,(H,18,19)(H,20,21). The summed E-state index contributed by atoms with van der Waals surface area (Å²) in [5.41, 5.74) is 0.802. The molecule has 1 aromatic carbocycles. The highest BCUT2D eigenvalue weighted by atomic mass is 79.9. The minimum absolute atomic E-state index is 0.0534. The molecule has 1 aliphatic rings. The number of halogens is 1. The molecule has 0 aliphatic heterocycles. The van der Waals surface area contributed by atoms with Gasteiger partial charge in [0.2, 0.25) is 5.91 Å². The number of carbonyl (C=O) groups is 2. The van der Waals surface area contributed by atoms with Crippen molar-refractivity contribution in [3.63, 3.8) is 0 Å². The SMILES string of the molecule is Cc1cc(Br)ccc1NC(=O)CC1(C(=O)O)CCCCC1. The highest BCUT2D eigenvalue weighted by Gasteiger charge is 2.41. The summed E-state index contributed by atoms with van der Waals surface area (Å²) in [5, 5.41) is 12.3. The van der Waals surface area contributed by atoms with Crippen LogP contribution in [0.15, 0.2) is 22.7 Å². The third kappa shape index (κ3) is 3.84. The van der Waals surface area contributed by atoms with Gasteiger partial charge in [0.15, 0.2) is 0 Å². The molecule has 2 rings (SSSR count). The van der Waals surface area contributed by atoms with E-state index in [9.17, 15) is 14.7 Å². The Morgan fingerprint density at radius 3 is 2.52 bits per heavy atom. The van der Waals surface area contributed by atoms with Gasteiger partial charge in [-0.2, -0.15) is 0 Å². The number of nitrogens with one attached hydrogen (secondary N) is 1. The molecule has 0 radical (unpaired) electrons. The number of rotatable bonds is 4. The number of aliphatic carboxylic acids is 1. The number of carbonyl (C=O) groups excluding carboxylic acids is 1. The number of hydrogen-bond donors (Lipinski definition) is 2. The first-order valence-electron chi connectivity index (χ1n) is 7.22. The quantitative estimate of drug-likeness (QED) is 0.855. The van der Waals surface area contributed by atoms with E-state index in [1.54, 1.807) is 0 Å². The summed E-state index contributed by atoms with van der Waals surface area (Å²) in [6.07, 6.45) is 4.07. The molecule has 0 bridgehead atoms. The predicted molar refractivity (Wildman–Crippen MR) is 85.3 cm³/mol. The second-order valence-corrected chi connectivity index (χ2v) is 6.75. The van der Waals surface area contributed by atoms with Crippen LogP contribution in [0.2, 0.25) is 0 Å². The fourth-order valence-electron chi connectivity index (χ4n) is 2.96. The van der Waals surface area contributed by atoms with Gasteiger partial charge in [-0.1, -0.05) is 35.2 Å². The molecule has 0 saturated heterocycles. The van der Waals surface area contributed by atoms with E-state index in [2.05, 4.69) is 21.2 Å². The van der Waals surface area contributed by atoms with E-state index >= 15 is 0 Å². The first-order valence-corrected chi connectivity index (χ1v) is 8.02. The molecule has 1 amide bonds. The molecule has 114 valence electrons. The first-order chi connectivity index (χ1) is 9.93. The highest BCUT2D eigenvalue weighted by molar-refractivity contribution is 9.10. The molecule has 1 saturated carbocycles. The number of amides is 1. The topological polar surface area (TPSA) is 66.4 Å². The van der Waals surface area contributed by atoms with Crippen molar-refractivity contribution in [2.75, 3.05) is 5.32 Å². The maximum atomic E-state index is 12.2. The second kappa shape index (κ2) is 6.60. The van der Waals surface area contributed by atoms with E-state index in [-0.39, 0.29) is 12.3 Å². The zero-order chi connectivity index (χ0) is 15.5. The normalized spacial score (nSPS) is 17.2. The number of carboxylic acids is 1. The van der Waals surface area contributed by atoms with Crippen LogP contribution in [0.1, 0.15) is 44.1 Å². The van der Waals surface area contributed by atoms with Crippen molar-refractivity contribution in [3.8, 4) is 0 Å². The van der Waals surface area contributed by atoms with Crippen LogP contribution in [0.25, 0.3) is 0 Å². The van der Waals surface area contributed by atoms with Crippen LogP contribution in [0.4, 0.5) is 5.69 Å². The average Bonchev–Trinajstić information content (AvgIpc) is 2.43. The molecule has 0 heterocycles. The van der Waals surface area contributed by atoms with Gasteiger partial charge < -0.3 is 10.4 Å². The summed E-state index contributed by atoms with van der Waals surface area (Å²) in [6.45, 7) is 1.91. The first kappa shape index (κ1) is 16.0. The smallest absolute Gasteiger partial charge is 0.310 e. The van der Waals surface area contributed by atoms with Crippen LogP contribution < -0.4 is 5.32 Å². The molecule has 1 aromatic rings. The third-order valence-corrected chi connectivity index (χ3v) is 4.72. The van der Waals surface area contributed by atoms with Crippen LogP contribution in [0.3, 0.4) is 0 Å². The molecular weight excluding hydrogens is 334 g/mol. The van der Waals surface area contributed by atoms with E-state index in [1.807, 2.05) is 25.1 Å². The Balaban J connectivity index is 2.07. The molecule has 5 heteroatoms. The molecule has 0 spiro atoms. The van der Waals surface area contributed by atoms with Crippen molar-refractivity contribution in [2.24, 2.45) is 5.41 Å². The Morgan fingerprint density at radius 1 is 1.29 bits per heavy atom. The van der Waals surface area contributed by atoms with Gasteiger partial charge in [0.1, 0.15) is 0 Å². The monoisotopic (exact) mass is 353 g/mol. The van der Waals surface area contributed by atoms with Gasteiger partial charge in [0.25, 0.3) is 0 Å². The van der Waals surface area contributed by atoms with Crippen molar-refractivity contribution >= 4 is 33.5 Å². The lowest BCUT2D eigenvalue weighted by Gasteiger charge is -2.32. The van der Waals surface area contributed by atoms with Crippen molar-refractivity contribution in [3.05, 3.63) is 28.2 Å². The molecule has 0 aromatic heterocycles. The second-order valence-electron chi connectivity index (χ2n) is 5.83. The Morgan fingerprint density at radius 2 is 1.95 bits per heavy atom. The van der Waals surface area contributed by atoms with Gasteiger partial charge in [-0.05, 0) is 43.5 Å². The molecular formula is C16H20BrNO3. The van der Waals surface area contributed by atoms with Crippen LogP contribution >= 0.6 is 15.9 Å². The van der Waals surface area contributed by atoms with E-state index in [1.165, 1.54) is 0 Å². The van der Waals surface area contributed by atoms with E-state index < -0.39 is 11.4 Å². The third-order valence-electron chi connectivity index (χ3n) is 4.23. The lowest BCUT2D eigenvalue weighted by molar-refractivity contribution is -0.153. The predicted octanol–water partition coefficient (Wildman–Crippen LogP) is 4.12. The fraction of sp³-hybridized carbons (Fsp3) is 0.500. The van der Waals surface area contributed by atoms with Crippen LogP contribution in [-0.4, -0.2) is 17.0 Å². The number of carboxylic acid groups (broad SMARTS) is 1. The minimum atomic E-state index is -0.883. The van der Waals surface area contributed by atoms with Crippen LogP contribution in [0.5, 0.6) is 0 Å². The Kier molecular flexibility index (Phi) is 5.04. The van der Waals surface area contributed by atoms with Gasteiger partial charge in [0, 0.05) is 16.6 Å². The Hall–Kier alpha value is -1.36. The average molecular weight is 354 g/mol. The maximum absolute atomic E-state index is 12.2. The minimum Gasteiger partial charge on any atom is -0.481 e. The van der Waals surface area contributed by atoms with Gasteiger partial charge in [0.05, 0.1) is 5.41 Å². The van der Waals surface area contributed by atoms with Crippen molar-refractivity contribution < 1.29 is 14.7 Å². The summed E-state index contributed by atoms with van der Waals surface area (Å²) in [7, 11) is 0. The highest BCUT2D eigenvalue weighted by Crippen LogP contribution is 2.40. The molecule has 1 aliphatic carbocycles. The number of benzene rings is 1. The number of hydrogen-bond acceptors (Lipinski definition) is 2. The van der Waals surface area contributed by atoms with Crippen molar-refractivity contribution in [1.82, 2.24) is 0 Å². The molecule has 0 atom stereocenters. The largest absolute Gasteiger partial charge is 0.481 e. The molecule has 0 unspecified atom stereocenters. The summed E-state index contributed by atoms with van der Waals surface area (Å²) >= 11 is 3.38. The van der Waals surface area contributed by atoms with E-state index in [4.69, 9.17) is 0 Å². The van der Waals surface area contributed by atoms with E-state index in [0.29, 0.717) is 12.8 Å². The Labute approximate surface area is 133 Å². The zero-order valence-corrected chi connectivity index (χ0v) is 13.7. The van der Waals surface area contributed by atoms with Crippen molar-refractivity contribution in [2.45, 2.75) is 45.4 Å². The molecule has 2 N–H and O–H groups in total. The zero-order valence-electron chi connectivity index (χ0n) is 12.1. The van der Waals surface area contributed by atoms with Gasteiger partial charge in [-0.25, -0.2) is 0 Å². The fourth-order valence-corrected chi connectivity index (χ4v) is 3.44. The Bertz CT molecular complexity index is 550. The van der Waals surface area contributed by atoms with Crippen molar-refractivity contribution in [1.29, 1.82) is 0 Å². The lowest BCUT2D eigenvalue weighted by atomic mass is 9.71. The number of anilines is 1. The summed E-state index contributed by atoms with van der Waals surface area (Å²) in [4.78, 5) is 23.8. The van der Waals surface area contributed by atoms with Gasteiger partial charge in [-0.3, -0.25) is 9.59 Å². The summed E-state index contributed by atoms with van der Waals surface area (Å²) in [5.74, 6) is -1.06. The number of aryl methyl sites for hydroxylation is 1. The maximum Gasteiger partial charge on any atom is 0.310 e. The lowest BCUT2D eigenvalue weighted by Crippen LogP contribution is -2.37. The molecule has 1 fully saturated rings. The summed E-state index contributed by atoms with van der Waals surface area (Å²) in [6, 6.07) is 5.60.